The largest absolute Gasteiger partial charge is 0.478 e. The molecule has 1 fully saturated rings. The van der Waals surface area contributed by atoms with E-state index in [0.29, 0.717) is 11.6 Å². The predicted molar refractivity (Wildman–Crippen MR) is 86.2 cm³/mol. The number of anilines is 1. The van der Waals surface area contributed by atoms with Crippen molar-refractivity contribution in [3.8, 4) is 0 Å². The number of aromatic carboxylic acids is 1. The Balaban J connectivity index is 2.14. The van der Waals surface area contributed by atoms with Crippen molar-refractivity contribution < 1.29 is 9.90 Å². The molecule has 0 aromatic heterocycles. The van der Waals surface area contributed by atoms with Crippen LogP contribution < -0.4 is 4.90 Å². The molecular formula is C18H21NO2. The molecule has 2 aromatic carbocycles. The van der Waals surface area contributed by atoms with Gasteiger partial charge in [0, 0.05) is 23.7 Å². The number of rotatable bonds is 4. The first-order valence-corrected chi connectivity index (χ1v) is 7.74. The Labute approximate surface area is 125 Å². The van der Waals surface area contributed by atoms with Gasteiger partial charge in [0.15, 0.2) is 0 Å². The minimum Gasteiger partial charge on any atom is -0.478 e. The predicted octanol–water partition coefficient (Wildman–Crippen LogP) is 4.31. The van der Waals surface area contributed by atoms with Crippen molar-refractivity contribution in [2.75, 3.05) is 11.4 Å². The Kier molecular flexibility index (Phi) is 3.82. The van der Waals surface area contributed by atoms with Gasteiger partial charge in [0.05, 0.1) is 5.56 Å². The lowest BCUT2D eigenvalue weighted by Crippen LogP contribution is -2.33. The van der Waals surface area contributed by atoms with Gasteiger partial charge >= 0.3 is 5.97 Å². The van der Waals surface area contributed by atoms with E-state index in [1.807, 2.05) is 30.3 Å². The Bertz CT molecular complexity index is 659. The molecule has 3 rings (SSSR count). The van der Waals surface area contributed by atoms with E-state index >= 15 is 0 Å². The molecule has 1 N–H and O–H groups in total. The summed E-state index contributed by atoms with van der Waals surface area (Å²) in [7, 11) is 0. The number of fused-ring (bicyclic) bond motifs is 1. The van der Waals surface area contributed by atoms with Gasteiger partial charge in [-0.25, -0.2) is 4.79 Å². The first-order chi connectivity index (χ1) is 10.2. The van der Waals surface area contributed by atoms with E-state index in [4.69, 9.17) is 0 Å². The number of hydrogen-bond donors (Lipinski definition) is 1. The van der Waals surface area contributed by atoms with Crippen LogP contribution in [0.1, 0.15) is 43.0 Å². The molecule has 0 heterocycles. The average Bonchev–Trinajstić information content (AvgIpc) is 3.02. The van der Waals surface area contributed by atoms with Crippen molar-refractivity contribution in [3.63, 3.8) is 0 Å². The molecule has 21 heavy (non-hydrogen) atoms. The van der Waals surface area contributed by atoms with Gasteiger partial charge in [0.1, 0.15) is 0 Å². The van der Waals surface area contributed by atoms with Gasteiger partial charge in [-0.15, -0.1) is 0 Å². The third-order valence-electron chi connectivity index (χ3n) is 4.55. The van der Waals surface area contributed by atoms with E-state index in [-0.39, 0.29) is 0 Å². The number of carboxylic acids is 1. The second kappa shape index (κ2) is 5.76. The standard InChI is InChI=1S/C18H21NO2/c1-2-19(13-7-3-4-8-13)17-12-11-16(18(20)21)14-9-5-6-10-15(14)17/h5-6,9-13H,2-4,7-8H2,1H3,(H,20,21). The number of benzene rings is 2. The summed E-state index contributed by atoms with van der Waals surface area (Å²) >= 11 is 0. The van der Waals surface area contributed by atoms with E-state index < -0.39 is 5.97 Å². The first-order valence-electron chi connectivity index (χ1n) is 7.74. The Morgan fingerprint density at radius 1 is 1.14 bits per heavy atom. The van der Waals surface area contributed by atoms with Gasteiger partial charge in [-0.2, -0.15) is 0 Å². The molecule has 0 saturated heterocycles. The van der Waals surface area contributed by atoms with Crippen LogP contribution in [0, 0.1) is 0 Å². The maximum absolute atomic E-state index is 11.4. The van der Waals surface area contributed by atoms with Crippen LogP contribution in [0.15, 0.2) is 36.4 Å². The number of hydrogen-bond acceptors (Lipinski definition) is 2. The lowest BCUT2D eigenvalue weighted by atomic mass is 10.0. The van der Waals surface area contributed by atoms with Gasteiger partial charge in [-0.05, 0) is 37.3 Å². The SMILES string of the molecule is CCN(c1ccc(C(=O)O)c2ccccc12)C1CCCC1. The summed E-state index contributed by atoms with van der Waals surface area (Å²) < 4.78 is 0. The van der Waals surface area contributed by atoms with Crippen molar-refractivity contribution >= 4 is 22.4 Å². The summed E-state index contributed by atoms with van der Waals surface area (Å²) in [4.78, 5) is 13.9. The molecule has 0 bridgehead atoms. The van der Waals surface area contributed by atoms with Crippen molar-refractivity contribution in [2.24, 2.45) is 0 Å². The first kappa shape index (κ1) is 13.9. The van der Waals surface area contributed by atoms with Crippen LogP contribution in [-0.2, 0) is 0 Å². The van der Waals surface area contributed by atoms with Crippen LogP contribution in [0.5, 0.6) is 0 Å². The highest BCUT2D eigenvalue weighted by molar-refractivity contribution is 6.07. The van der Waals surface area contributed by atoms with E-state index in [0.717, 1.165) is 17.3 Å². The Morgan fingerprint density at radius 2 is 1.81 bits per heavy atom. The van der Waals surface area contributed by atoms with Crippen molar-refractivity contribution in [1.82, 2.24) is 0 Å². The van der Waals surface area contributed by atoms with E-state index in [1.54, 1.807) is 6.07 Å². The normalized spacial score (nSPS) is 15.5. The van der Waals surface area contributed by atoms with Gasteiger partial charge in [-0.3, -0.25) is 0 Å². The zero-order valence-corrected chi connectivity index (χ0v) is 12.4. The molecule has 1 aliphatic carbocycles. The molecule has 0 atom stereocenters. The number of carboxylic acid groups (broad SMARTS) is 1. The molecule has 0 unspecified atom stereocenters. The molecule has 1 saturated carbocycles. The molecule has 1 aliphatic rings. The minimum absolute atomic E-state index is 0.386. The van der Waals surface area contributed by atoms with Gasteiger partial charge in [0.2, 0.25) is 0 Å². The molecule has 0 spiro atoms. The van der Waals surface area contributed by atoms with Gasteiger partial charge in [-0.1, -0.05) is 37.1 Å². The van der Waals surface area contributed by atoms with Gasteiger partial charge in [0.25, 0.3) is 0 Å². The molecule has 0 radical (unpaired) electrons. The summed E-state index contributed by atoms with van der Waals surface area (Å²) in [5.41, 5.74) is 1.56. The van der Waals surface area contributed by atoms with E-state index in [2.05, 4.69) is 11.8 Å². The van der Waals surface area contributed by atoms with Crippen LogP contribution in [0.3, 0.4) is 0 Å². The summed E-state index contributed by atoms with van der Waals surface area (Å²) in [6, 6.07) is 12.2. The lowest BCUT2D eigenvalue weighted by Gasteiger charge is -2.31. The number of carbonyl (C=O) groups is 1. The summed E-state index contributed by atoms with van der Waals surface area (Å²) in [6.45, 7) is 3.14. The molecule has 3 heteroatoms. The summed E-state index contributed by atoms with van der Waals surface area (Å²) in [5.74, 6) is -0.860. The highest BCUT2D eigenvalue weighted by Crippen LogP contribution is 2.34. The van der Waals surface area contributed by atoms with Crippen LogP contribution in [0.2, 0.25) is 0 Å². The summed E-state index contributed by atoms with van der Waals surface area (Å²) in [5, 5.41) is 11.2. The van der Waals surface area contributed by atoms with E-state index in [9.17, 15) is 9.90 Å². The van der Waals surface area contributed by atoms with Crippen LogP contribution in [0.25, 0.3) is 10.8 Å². The quantitative estimate of drug-likeness (QED) is 0.909. The molecular weight excluding hydrogens is 262 g/mol. The Morgan fingerprint density at radius 3 is 2.43 bits per heavy atom. The zero-order valence-electron chi connectivity index (χ0n) is 12.4. The fraction of sp³-hybridized carbons (Fsp3) is 0.389. The fourth-order valence-corrected chi connectivity index (χ4v) is 3.56. The maximum Gasteiger partial charge on any atom is 0.336 e. The summed E-state index contributed by atoms with van der Waals surface area (Å²) in [6.07, 6.45) is 5.07. The molecule has 0 amide bonds. The van der Waals surface area contributed by atoms with Crippen molar-refractivity contribution in [3.05, 3.63) is 42.0 Å². The fourth-order valence-electron chi connectivity index (χ4n) is 3.56. The second-order valence-corrected chi connectivity index (χ2v) is 5.71. The third kappa shape index (κ3) is 2.48. The van der Waals surface area contributed by atoms with Crippen LogP contribution in [0.4, 0.5) is 5.69 Å². The molecule has 0 aliphatic heterocycles. The second-order valence-electron chi connectivity index (χ2n) is 5.71. The smallest absolute Gasteiger partial charge is 0.336 e. The molecule has 3 nitrogen and oxygen atoms in total. The van der Waals surface area contributed by atoms with Crippen LogP contribution >= 0.6 is 0 Å². The van der Waals surface area contributed by atoms with Crippen LogP contribution in [-0.4, -0.2) is 23.7 Å². The topological polar surface area (TPSA) is 40.5 Å². The van der Waals surface area contributed by atoms with Gasteiger partial charge < -0.3 is 10.0 Å². The van der Waals surface area contributed by atoms with Crippen molar-refractivity contribution in [2.45, 2.75) is 38.6 Å². The van der Waals surface area contributed by atoms with E-state index in [1.165, 1.54) is 31.4 Å². The maximum atomic E-state index is 11.4. The highest BCUT2D eigenvalue weighted by atomic mass is 16.4. The average molecular weight is 283 g/mol. The van der Waals surface area contributed by atoms with Crippen molar-refractivity contribution in [1.29, 1.82) is 0 Å². The lowest BCUT2D eigenvalue weighted by molar-refractivity contribution is 0.0699. The zero-order chi connectivity index (χ0) is 14.8. The molecule has 2 aromatic rings. The minimum atomic E-state index is -0.860. The monoisotopic (exact) mass is 283 g/mol. The Hall–Kier alpha value is -2.03. The highest BCUT2D eigenvalue weighted by Gasteiger charge is 2.23. The number of nitrogens with zero attached hydrogens (tertiary/aromatic N) is 1. The molecule has 110 valence electrons. The third-order valence-corrected chi connectivity index (χ3v) is 4.55.